The lowest BCUT2D eigenvalue weighted by Crippen LogP contribution is -2.26. The number of para-hydroxylation sites is 1. The fourth-order valence-corrected chi connectivity index (χ4v) is 5.66. The van der Waals surface area contributed by atoms with Gasteiger partial charge in [-0.25, -0.2) is 14.8 Å². The lowest BCUT2D eigenvalue weighted by atomic mass is 9.85. The van der Waals surface area contributed by atoms with Crippen molar-refractivity contribution in [3.63, 3.8) is 0 Å². The first kappa shape index (κ1) is 23.3. The highest BCUT2D eigenvalue weighted by Crippen LogP contribution is 2.40. The van der Waals surface area contributed by atoms with Gasteiger partial charge in [0.1, 0.15) is 17.8 Å². The van der Waals surface area contributed by atoms with Gasteiger partial charge in [0.25, 0.3) is 0 Å². The Hall–Kier alpha value is -4.07. The predicted molar refractivity (Wildman–Crippen MR) is 144 cm³/mol. The first-order chi connectivity index (χ1) is 18.0. The zero-order valence-corrected chi connectivity index (χ0v) is 21.4. The zero-order valence-electron chi connectivity index (χ0n) is 21.4. The number of imidazole rings is 1. The number of rotatable bonds is 5. The average Bonchev–Trinajstić information content (AvgIpc) is 3.50. The molecule has 2 aromatic carbocycles. The van der Waals surface area contributed by atoms with Crippen LogP contribution < -0.4 is 5.69 Å². The maximum atomic E-state index is 13.0. The van der Waals surface area contributed by atoms with Gasteiger partial charge in [-0.2, -0.15) is 0 Å². The summed E-state index contributed by atoms with van der Waals surface area (Å²) in [7, 11) is 0. The highest BCUT2D eigenvalue weighted by molar-refractivity contribution is 5.76. The Morgan fingerprint density at radius 1 is 1.00 bits per heavy atom. The Morgan fingerprint density at radius 2 is 1.81 bits per heavy atom. The lowest BCUT2D eigenvalue weighted by Gasteiger charge is -2.29. The lowest BCUT2D eigenvalue weighted by molar-refractivity contribution is 0.315. The second kappa shape index (κ2) is 9.42. The molecule has 0 spiro atoms. The quantitative estimate of drug-likeness (QED) is 0.339. The molecule has 6 rings (SSSR count). The van der Waals surface area contributed by atoms with Gasteiger partial charge in [-0.15, -0.1) is 10.2 Å². The van der Waals surface area contributed by atoms with E-state index in [-0.39, 0.29) is 17.6 Å². The van der Waals surface area contributed by atoms with Crippen LogP contribution in [0.1, 0.15) is 74.4 Å². The summed E-state index contributed by atoms with van der Waals surface area (Å²) in [5.74, 6) is 2.34. The second-order valence-corrected chi connectivity index (χ2v) is 10.3. The van der Waals surface area contributed by atoms with Crippen molar-refractivity contribution in [2.45, 2.75) is 64.3 Å². The van der Waals surface area contributed by atoms with Crippen LogP contribution in [0.3, 0.4) is 0 Å². The van der Waals surface area contributed by atoms with E-state index < -0.39 is 0 Å². The number of nitrogens with one attached hydrogen (secondary N) is 1. The van der Waals surface area contributed by atoms with E-state index in [1.54, 1.807) is 12.5 Å². The number of benzene rings is 2. The van der Waals surface area contributed by atoms with E-state index in [1.807, 2.05) is 22.8 Å². The van der Waals surface area contributed by atoms with Gasteiger partial charge in [0.05, 0.1) is 16.7 Å². The van der Waals surface area contributed by atoms with E-state index in [0.29, 0.717) is 5.92 Å². The molecule has 0 atom stereocenters. The third-order valence-corrected chi connectivity index (χ3v) is 7.69. The molecule has 1 N–H and O–H groups in total. The molecule has 0 radical (unpaired) electrons. The number of aromatic nitrogens is 7. The maximum absolute atomic E-state index is 13.0. The molecule has 0 bridgehead atoms. The van der Waals surface area contributed by atoms with Gasteiger partial charge < -0.3 is 4.98 Å². The third kappa shape index (κ3) is 4.16. The summed E-state index contributed by atoms with van der Waals surface area (Å²) >= 11 is 0. The fraction of sp³-hybridized carbons (Fsp3) is 0.345. The number of aromatic amines is 1. The summed E-state index contributed by atoms with van der Waals surface area (Å²) in [5, 5.41) is 9.28. The molecule has 1 aliphatic rings. The highest BCUT2D eigenvalue weighted by Gasteiger charge is 2.30. The molecule has 1 fully saturated rings. The van der Waals surface area contributed by atoms with Crippen molar-refractivity contribution in [2.24, 2.45) is 0 Å². The average molecular weight is 494 g/mol. The molecule has 0 amide bonds. The van der Waals surface area contributed by atoms with Crippen LogP contribution in [0.5, 0.6) is 0 Å². The van der Waals surface area contributed by atoms with Crippen LogP contribution in [0.25, 0.3) is 28.2 Å². The topological polar surface area (TPSA) is 94.3 Å². The van der Waals surface area contributed by atoms with Crippen molar-refractivity contribution in [2.75, 3.05) is 0 Å². The normalized spacial score (nSPS) is 18.1. The van der Waals surface area contributed by atoms with Crippen molar-refractivity contribution >= 4 is 11.0 Å². The Morgan fingerprint density at radius 3 is 2.54 bits per heavy atom. The van der Waals surface area contributed by atoms with Crippen LogP contribution in [-0.2, 0) is 0 Å². The molecule has 0 aliphatic heterocycles. The van der Waals surface area contributed by atoms with Gasteiger partial charge in [0.15, 0.2) is 5.82 Å². The van der Waals surface area contributed by atoms with Crippen molar-refractivity contribution in [1.82, 2.24) is 34.3 Å². The molecule has 1 saturated carbocycles. The van der Waals surface area contributed by atoms with Crippen molar-refractivity contribution in [1.29, 1.82) is 0 Å². The molecular weight excluding hydrogens is 462 g/mol. The molecule has 188 valence electrons. The van der Waals surface area contributed by atoms with Crippen LogP contribution >= 0.6 is 0 Å². The number of hydrogen-bond donors (Lipinski definition) is 1. The molecule has 37 heavy (non-hydrogen) atoms. The van der Waals surface area contributed by atoms with Crippen LogP contribution in [0.4, 0.5) is 0 Å². The van der Waals surface area contributed by atoms with E-state index in [4.69, 9.17) is 5.10 Å². The first-order valence-electron chi connectivity index (χ1n) is 13.0. The summed E-state index contributed by atoms with van der Waals surface area (Å²) in [6.45, 7) is 6.45. The van der Waals surface area contributed by atoms with Gasteiger partial charge in [-0.1, -0.05) is 38.1 Å². The smallest absolute Gasteiger partial charge is 0.306 e. The number of H-pyrrole nitrogens is 1. The van der Waals surface area contributed by atoms with E-state index in [2.05, 4.69) is 75.7 Å². The van der Waals surface area contributed by atoms with Gasteiger partial charge >= 0.3 is 5.69 Å². The predicted octanol–water partition coefficient (Wildman–Crippen LogP) is 5.70. The van der Waals surface area contributed by atoms with Gasteiger partial charge in [0.2, 0.25) is 0 Å². The van der Waals surface area contributed by atoms with E-state index in [9.17, 15) is 4.79 Å². The highest BCUT2D eigenvalue weighted by atomic mass is 16.1. The third-order valence-electron chi connectivity index (χ3n) is 7.69. The molecule has 3 aromatic heterocycles. The van der Waals surface area contributed by atoms with E-state index in [1.165, 1.54) is 5.56 Å². The summed E-state index contributed by atoms with van der Waals surface area (Å²) in [5.41, 5.74) is 6.09. The SMILES string of the molecule is Cc1ccccc1-n1c(-c2ccncn2)nnc1C1CCC(n2c(=O)[nH]c3cc(C(C)C)ccc32)CC1. The second-order valence-electron chi connectivity index (χ2n) is 10.3. The summed E-state index contributed by atoms with van der Waals surface area (Å²) in [6.07, 6.45) is 6.95. The van der Waals surface area contributed by atoms with Crippen LogP contribution in [-0.4, -0.2) is 34.3 Å². The Bertz CT molecular complexity index is 1600. The van der Waals surface area contributed by atoms with E-state index >= 15 is 0 Å². The Labute approximate surface area is 215 Å². The number of nitrogens with zero attached hydrogens (tertiary/aromatic N) is 6. The summed E-state index contributed by atoms with van der Waals surface area (Å²) in [6, 6.07) is 16.7. The summed E-state index contributed by atoms with van der Waals surface area (Å²) in [4.78, 5) is 24.6. The summed E-state index contributed by atoms with van der Waals surface area (Å²) < 4.78 is 4.13. The molecule has 0 saturated heterocycles. The van der Waals surface area contributed by atoms with Crippen molar-refractivity contribution in [3.8, 4) is 17.2 Å². The molecule has 5 aromatic rings. The number of fused-ring (bicyclic) bond motifs is 1. The van der Waals surface area contributed by atoms with Crippen molar-refractivity contribution < 1.29 is 0 Å². The Kier molecular flexibility index (Phi) is 5.94. The molecule has 1 aliphatic carbocycles. The van der Waals surface area contributed by atoms with Crippen LogP contribution in [0.2, 0.25) is 0 Å². The molecule has 8 heteroatoms. The standard InChI is InChI=1S/C29H31N7O/c1-18(2)21-10-13-26-24(16-21)32-29(37)35(26)22-11-8-20(9-12-22)27-33-34-28(23-14-15-30-17-31-23)36(27)25-7-5-4-6-19(25)3/h4-7,10,13-18,20,22H,8-9,11-12H2,1-3H3,(H,32,37). The Balaban J connectivity index is 1.32. The van der Waals surface area contributed by atoms with E-state index in [0.717, 1.165) is 65.3 Å². The van der Waals surface area contributed by atoms with Gasteiger partial charge in [-0.05, 0) is 73.9 Å². The molecule has 3 heterocycles. The molecule has 0 unspecified atom stereocenters. The minimum atomic E-state index is -0.0199. The monoisotopic (exact) mass is 493 g/mol. The van der Waals surface area contributed by atoms with Crippen molar-refractivity contribution in [3.05, 3.63) is 88.5 Å². The minimum Gasteiger partial charge on any atom is -0.306 e. The zero-order chi connectivity index (χ0) is 25.5. The number of aryl methyl sites for hydroxylation is 1. The largest absolute Gasteiger partial charge is 0.326 e. The number of hydrogen-bond acceptors (Lipinski definition) is 5. The van der Waals surface area contributed by atoms with Crippen LogP contribution in [0, 0.1) is 6.92 Å². The fourth-order valence-electron chi connectivity index (χ4n) is 5.66. The minimum absolute atomic E-state index is 0.0199. The van der Waals surface area contributed by atoms with Gasteiger partial charge in [-0.3, -0.25) is 9.13 Å². The maximum Gasteiger partial charge on any atom is 0.326 e. The van der Waals surface area contributed by atoms with Crippen LogP contribution in [0.15, 0.2) is 65.8 Å². The van der Waals surface area contributed by atoms with Gasteiger partial charge in [0, 0.05) is 18.2 Å². The molecule has 8 nitrogen and oxygen atoms in total. The first-order valence-corrected chi connectivity index (χ1v) is 13.0. The molecular formula is C29H31N7O.